The van der Waals surface area contributed by atoms with E-state index in [0.717, 1.165) is 12.8 Å². The molecule has 1 atom stereocenters. The molecule has 2 amide bonds. The summed E-state index contributed by atoms with van der Waals surface area (Å²) in [4.78, 5) is 22.2. The van der Waals surface area contributed by atoms with Crippen LogP contribution in [0.25, 0.3) is 0 Å². The van der Waals surface area contributed by atoms with Crippen molar-refractivity contribution in [3.63, 3.8) is 0 Å². The van der Waals surface area contributed by atoms with Crippen LogP contribution >= 0.6 is 0 Å². The largest absolute Gasteiger partial charge is 0.480 e. The maximum atomic E-state index is 11.5. The van der Waals surface area contributed by atoms with Crippen LogP contribution in [-0.4, -0.2) is 54.6 Å². The number of amides is 2. The Balaban J connectivity index is 2.24. The molecule has 0 aliphatic carbocycles. The first-order valence-electron chi connectivity index (χ1n) is 6.09. The van der Waals surface area contributed by atoms with Crippen molar-refractivity contribution < 1.29 is 24.5 Å². The number of urea groups is 1. The molecule has 1 saturated heterocycles. The molecule has 0 bridgehead atoms. The number of carbonyl (C=O) groups excluding carboxylic acids is 1. The third-order valence-corrected chi connectivity index (χ3v) is 2.91. The molecule has 0 saturated carbocycles. The third kappa shape index (κ3) is 5.33. The number of carboxylic acid groups (broad SMARTS) is 1. The summed E-state index contributed by atoms with van der Waals surface area (Å²) < 4.78 is 5.20. The van der Waals surface area contributed by atoms with E-state index in [0.29, 0.717) is 25.7 Å². The number of carboxylic acids is 1. The van der Waals surface area contributed by atoms with Crippen molar-refractivity contribution >= 4 is 12.0 Å². The van der Waals surface area contributed by atoms with Gasteiger partial charge < -0.3 is 25.6 Å². The van der Waals surface area contributed by atoms with Crippen LogP contribution in [0.3, 0.4) is 0 Å². The molecule has 0 spiro atoms. The molecule has 1 heterocycles. The van der Waals surface area contributed by atoms with E-state index in [-0.39, 0.29) is 13.0 Å². The Morgan fingerprint density at radius 1 is 1.33 bits per heavy atom. The van der Waals surface area contributed by atoms with Gasteiger partial charge in [0.05, 0.1) is 0 Å². The molecule has 0 aromatic rings. The monoisotopic (exact) mass is 260 g/mol. The summed E-state index contributed by atoms with van der Waals surface area (Å²) in [7, 11) is 0. The molecule has 7 nitrogen and oxygen atoms in total. The molecule has 0 aromatic carbocycles. The zero-order chi connectivity index (χ0) is 13.4. The summed E-state index contributed by atoms with van der Waals surface area (Å²) in [5.74, 6) is -0.768. The lowest BCUT2D eigenvalue weighted by Crippen LogP contribution is -2.47. The number of carbonyl (C=O) groups is 2. The van der Waals surface area contributed by atoms with Gasteiger partial charge in [0, 0.05) is 32.8 Å². The van der Waals surface area contributed by atoms with Gasteiger partial charge in [0.1, 0.15) is 6.04 Å². The van der Waals surface area contributed by atoms with E-state index in [9.17, 15) is 9.59 Å². The molecule has 7 heteroatoms. The topological polar surface area (TPSA) is 108 Å². The number of aliphatic hydroxyl groups excluding tert-OH is 1. The van der Waals surface area contributed by atoms with Gasteiger partial charge in [-0.05, 0) is 18.8 Å². The molecular formula is C11H20N2O5. The molecular weight excluding hydrogens is 240 g/mol. The maximum Gasteiger partial charge on any atom is 0.326 e. The van der Waals surface area contributed by atoms with Crippen molar-refractivity contribution in [3.8, 4) is 0 Å². The Kier molecular flexibility index (Phi) is 6.45. The van der Waals surface area contributed by atoms with Crippen molar-refractivity contribution in [2.75, 3.05) is 26.4 Å². The molecule has 1 unspecified atom stereocenters. The lowest BCUT2D eigenvalue weighted by molar-refractivity contribution is -0.139. The highest BCUT2D eigenvalue weighted by molar-refractivity contribution is 5.82. The van der Waals surface area contributed by atoms with Gasteiger partial charge in [-0.25, -0.2) is 9.59 Å². The second kappa shape index (κ2) is 7.88. The zero-order valence-electron chi connectivity index (χ0n) is 10.2. The molecule has 0 aromatic heterocycles. The van der Waals surface area contributed by atoms with E-state index >= 15 is 0 Å². The first-order valence-corrected chi connectivity index (χ1v) is 6.09. The molecule has 104 valence electrons. The summed E-state index contributed by atoms with van der Waals surface area (Å²) in [6.45, 7) is 1.64. The van der Waals surface area contributed by atoms with Crippen LogP contribution < -0.4 is 10.6 Å². The first-order chi connectivity index (χ1) is 8.63. The van der Waals surface area contributed by atoms with Crippen LogP contribution in [0.1, 0.15) is 19.3 Å². The summed E-state index contributed by atoms with van der Waals surface area (Å²) in [5.41, 5.74) is 0. The van der Waals surface area contributed by atoms with Gasteiger partial charge in [-0.15, -0.1) is 0 Å². The normalized spacial score (nSPS) is 18.1. The minimum Gasteiger partial charge on any atom is -0.480 e. The summed E-state index contributed by atoms with van der Waals surface area (Å²) in [6, 6.07) is -1.56. The molecule has 1 aliphatic rings. The van der Waals surface area contributed by atoms with Crippen LogP contribution in [0.4, 0.5) is 4.79 Å². The average Bonchev–Trinajstić information content (AvgIpc) is 2.37. The third-order valence-electron chi connectivity index (χ3n) is 2.91. The van der Waals surface area contributed by atoms with Crippen molar-refractivity contribution in [2.24, 2.45) is 5.92 Å². The van der Waals surface area contributed by atoms with Crippen molar-refractivity contribution in [3.05, 3.63) is 0 Å². The lowest BCUT2D eigenvalue weighted by Gasteiger charge is -2.22. The van der Waals surface area contributed by atoms with Crippen molar-refractivity contribution in [1.29, 1.82) is 0 Å². The fourth-order valence-corrected chi connectivity index (χ4v) is 1.78. The Morgan fingerprint density at radius 3 is 2.56 bits per heavy atom. The standard InChI is InChI=1S/C11H20N2O5/c14-4-1-9(10(15)16)13-11(17)12-7-8-2-5-18-6-3-8/h8-9,14H,1-7H2,(H,15,16)(H2,12,13,17). The molecule has 1 rings (SSSR count). The Bertz CT molecular complexity index is 279. The molecule has 4 N–H and O–H groups in total. The minimum absolute atomic E-state index is 0.0000217. The minimum atomic E-state index is -1.15. The van der Waals surface area contributed by atoms with Crippen LogP contribution in [-0.2, 0) is 9.53 Å². The van der Waals surface area contributed by atoms with Gasteiger partial charge in [0.15, 0.2) is 0 Å². The predicted molar refractivity (Wildman–Crippen MR) is 63.2 cm³/mol. The second-order valence-corrected chi connectivity index (χ2v) is 4.31. The van der Waals surface area contributed by atoms with Crippen molar-refractivity contribution in [1.82, 2.24) is 10.6 Å². The van der Waals surface area contributed by atoms with Crippen LogP contribution in [0, 0.1) is 5.92 Å². The fraction of sp³-hybridized carbons (Fsp3) is 0.818. The van der Waals surface area contributed by atoms with Gasteiger partial charge >= 0.3 is 12.0 Å². The summed E-state index contributed by atoms with van der Waals surface area (Å²) >= 11 is 0. The summed E-state index contributed by atoms with van der Waals surface area (Å²) in [6.07, 6.45) is 1.80. The number of hydrogen-bond acceptors (Lipinski definition) is 4. The van der Waals surface area contributed by atoms with E-state index in [1.807, 2.05) is 0 Å². The van der Waals surface area contributed by atoms with Gasteiger partial charge in [-0.1, -0.05) is 0 Å². The Labute approximate surface area is 106 Å². The second-order valence-electron chi connectivity index (χ2n) is 4.31. The SMILES string of the molecule is O=C(NCC1CCOCC1)NC(CCO)C(=O)O. The number of rotatable bonds is 6. The Hall–Kier alpha value is -1.34. The number of hydrogen-bond donors (Lipinski definition) is 4. The van der Waals surface area contributed by atoms with Gasteiger partial charge in [-0.2, -0.15) is 0 Å². The van der Waals surface area contributed by atoms with Gasteiger partial charge in [0.25, 0.3) is 0 Å². The van der Waals surface area contributed by atoms with Crippen LogP contribution in [0.15, 0.2) is 0 Å². The zero-order valence-corrected chi connectivity index (χ0v) is 10.2. The first kappa shape index (κ1) is 14.7. The van der Waals surface area contributed by atoms with Crippen LogP contribution in [0.5, 0.6) is 0 Å². The van der Waals surface area contributed by atoms with E-state index < -0.39 is 18.0 Å². The fourth-order valence-electron chi connectivity index (χ4n) is 1.78. The van der Waals surface area contributed by atoms with E-state index in [1.165, 1.54) is 0 Å². The highest BCUT2D eigenvalue weighted by atomic mass is 16.5. The smallest absolute Gasteiger partial charge is 0.326 e. The number of nitrogens with one attached hydrogen (secondary N) is 2. The van der Waals surface area contributed by atoms with Crippen molar-refractivity contribution in [2.45, 2.75) is 25.3 Å². The lowest BCUT2D eigenvalue weighted by atomic mass is 10.0. The molecule has 18 heavy (non-hydrogen) atoms. The average molecular weight is 260 g/mol. The van der Waals surface area contributed by atoms with E-state index in [1.54, 1.807) is 0 Å². The molecule has 1 fully saturated rings. The number of aliphatic hydroxyl groups is 1. The predicted octanol–water partition coefficient (Wildman–Crippen LogP) is -0.452. The maximum absolute atomic E-state index is 11.5. The van der Waals surface area contributed by atoms with Crippen LogP contribution in [0.2, 0.25) is 0 Å². The summed E-state index contributed by atoms with van der Waals surface area (Å²) in [5, 5.41) is 22.4. The van der Waals surface area contributed by atoms with E-state index in [2.05, 4.69) is 10.6 Å². The molecule has 0 radical (unpaired) electrons. The quantitative estimate of drug-likeness (QED) is 0.517. The van der Waals surface area contributed by atoms with E-state index in [4.69, 9.17) is 14.9 Å². The Morgan fingerprint density at radius 2 is 2.00 bits per heavy atom. The molecule has 1 aliphatic heterocycles. The number of ether oxygens (including phenoxy) is 1. The van der Waals surface area contributed by atoms with Gasteiger partial charge in [-0.3, -0.25) is 0 Å². The highest BCUT2D eigenvalue weighted by Gasteiger charge is 2.20. The highest BCUT2D eigenvalue weighted by Crippen LogP contribution is 2.12. The number of aliphatic carboxylic acids is 1. The van der Waals surface area contributed by atoms with Gasteiger partial charge in [0.2, 0.25) is 0 Å².